The summed E-state index contributed by atoms with van der Waals surface area (Å²) in [5, 5.41) is 12.4. The van der Waals surface area contributed by atoms with Gasteiger partial charge >= 0.3 is 0 Å². The SMILES string of the molecule is O=C(NCc1ccc(CO)cc1)c1ccc(Cl)cc1Br. The van der Waals surface area contributed by atoms with Crippen molar-refractivity contribution in [1.82, 2.24) is 5.32 Å². The number of benzene rings is 2. The molecule has 20 heavy (non-hydrogen) atoms. The van der Waals surface area contributed by atoms with Gasteiger partial charge in [0, 0.05) is 16.0 Å². The number of amides is 1. The Morgan fingerprint density at radius 1 is 1.15 bits per heavy atom. The van der Waals surface area contributed by atoms with Gasteiger partial charge in [-0.15, -0.1) is 0 Å². The van der Waals surface area contributed by atoms with E-state index in [-0.39, 0.29) is 12.5 Å². The highest BCUT2D eigenvalue weighted by Crippen LogP contribution is 2.21. The van der Waals surface area contributed by atoms with Gasteiger partial charge in [-0.25, -0.2) is 0 Å². The van der Waals surface area contributed by atoms with Gasteiger partial charge in [-0.3, -0.25) is 4.79 Å². The third-order valence-corrected chi connectivity index (χ3v) is 3.73. The molecule has 5 heteroatoms. The average molecular weight is 355 g/mol. The van der Waals surface area contributed by atoms with Gasteiger partial charge in [-0.2, -0.15) is 0 Å². The molecule has 0 aliphatic heterocycles. The molecule has 1 amide bonds. The number of aliphatic hydroxyl groups excluding tert-OH is 1. The van der Waals surface area contributed by atoms with E-state index < -0.39 is 0 Å². The van der Waals surface area contributed by atoms with Crippen LogP contribution in [0.1, 0.15) is 21.5 Å². The highest BCUT2D eigenvalue weighted by Gasteiger charge is 2.09. The van der Waals surface area contributed by atoms with Crippen molar-refractivity contribution in [3.63, 3.8) is 0 Å². The molecule has 2 rings (SSSR count). The first-order chi connectivity index (χ1) is 9.60. The highest BCUT2D eigenvalue weighted by molar-refractivity contribution is 9.10. The topological polar surface area (TPSA) is 49.3 Å². The number of aliphatic hydroxyl groups is 1. The molecule has 0 saturated carbocycles. The van der Waals surface area contributed by atoms with E-state index in [1.165, 1.54) is 0 Å². The number of carbonyl (C=O) groups excluding carboxylic acids is 1. The third kappa shape index (κ3) is 3.82. The molecule has 104 valence electrons. The molecule has 2 aromatic rings. The normalized spacial score (nSPS) is 10.3. The number of hydrogen-bond acceptors (Lipinski definition) is 2. The summed E-state index contributed by atoms with van der Waals surface area (Å²) >= 11 is 9.16. The second-order valence-electron chi connectivity index (χ2n) is 4.28. The van der Waals surface area contributed by atoms with Crippen LogP contribution in [0.4, 0.5) is 0 Å². The van der Waals surface area contributed by atoms with Gasteiger partial charge in [0.1, 0.15) is 0 Å². The van der Waals surface area contributed by atoms with Crippen LogP contribution >= 0.6 is 27.5 Å². The Bertz CT molecular complexity index is 614. The van der Waals surface area contributed by atoms with Crippen molar-refractivity contribution < 1.29 is 9.90 Å². The molecule has 2 N–H and O–H groups in total. The summed E-state index contributed by atoms with van der Waals surface area (Å²) in [4.78, 5) is 12.0. The molecule has 2 aromatic carbocycles. The van der Waals surface area contributed by atoms with E-state index in [4.69, 9.17) is 16.7 Å². The summed E-state index contributed by atoms with van der Waals surface area (Å²) in [6.45, 7) is 0.448. The molecule has 0 heterocycles. The van der Waals surface area contributed by atoms with Crippen molar-refractivity contribution in [2.75, 3.05) is 0 Å². The van der Waals surface area contributed by atoms with Crippen molar-refractivity contribution in [3.05, 3.63) is 68.7 Å². The van der Waals surface area contributed by atoms with E-state index in [1.807, 2.05) is 24.3 Å². The minimum atomic E-state index is -0.167. The van der Waals surface area contributed by atoms with Crippen LogP contribution in [0.5, 0.6) is 0 Å². The van der Waals surface area contributed by atoms with E-state index in [9.17, 15) is 4.79 Å². The molecular weight excluding hydrogens is 342 g/mol. The number of rotatable bonds is 4. The standard InChI is InChI=1S/C15H13BrClNO2/c16-14-7-12(17)5-6-13(14)15(20)18-8-10-1-3-11(9-19)4-2-10/h1-7,19H,8-9H2,(H,18,20). The summed E-state index contributed by atoms with van der Waals surface area (Å²) in [6, 6.07) is 12.5. The van der Waals surface area contributed by atoms with Crippen LogP contribution in [-0.2, 0) is 13.2 Å². The van der Waals surface area contributed by atoms with E-state index in [1.54, 1.807) is 18.2 Å². The van der Waals surface area contributed by atoms with Crippen molar-refractivity contribution >= 4 is 33.4 Å². The molecular formula is C15H13BrClNO2. The fraction of sp³-hybridized carbons (Fsp3) is 0.133. The Morgan fingerprint density at radius 2 is 1.80 bits per heavy atom. The van der Waals surface area contributed by atoms with Crippen molar-refractivity contribution in [3.8, 4) is 0 Å². The van der Waals surface area contributed by atoms with Crippen LogP contribution < -0.4 is 5.32 Å². The first-order valence-electron chi connectivity index (χ1n) is 6.02. The smallest absolute Gasteiger partial charge is 0.252 e. The Hall–Kier alpha value is -1.36. The van der Waals surface area contributed by atoms with Crippen molar-refractivity contribution in [2.24, 2.45) is 0 Å². The van der Waals surface area contributed by atoms with Crippen LogP contribution in [0.25, 0.3) is 0 Å². The minimum Gasteiger partial charge on any atom is -0.392 e. The quantitative estimate of drug-likeness (QED) is 0.882. The van der Waals surface area contributed by atoms with Gasteiger partial charge in [0.15, 0.2) is 0 Å². The molecule has 0 atom stereocenters. The highest BCUT2D eigenvalue weighted by atomic mass is 79.9. The zero-order valence-electron chi connectivity index (χ0n) is 10.6. The maximum absolute atomic E-state index is 12.0. The minimum absolute atomic E-state index is 0.0182. The second-order valence-corrected chi connectivity index (χ2v) is 5.57. The van der Waals surface area contributed by atoms with Gasteiger partial charge in [-0.05, 0) is 45.3 Å². The molecule has 0 saturated heterocycles. The van der Waals surface area contributed by atoms with Gasteiger partial charge < -0.3 is 10.4 Å². The summed E-state index contributed by atoms with van der Waals surface area (Å²) in [5.41, 5.74) is 2.36. The largest absolute Gasteiger partial charge is 0.392 e. The first kappa shape index (κ1) is 15.0. The predicted molar refractivity (Wildman–Crippen MR) is 82.7 cm³/mol. The lowest BCUT2D eigenvalue weighted by Gasteiger charge is -2.08. The Morgan fingerprint density at radius 3 is 2.40 bits per heavy atom. The van der Waals surface area contributed by atoms with E-state index in [2.05, 4.69) is 21.2 Å². The fourth-order valence-electron chi connectivity index (χ4n) is 1.71. The van der Waals surface area contributed by atoms with Crippen molar-refractivity contribution in [2.45, 2.75) is 13.2 Å². The summed E-state index contributed by atoms with van der Waals surface area (Å²) < 4.78 is 0.665. The van der Waals surface area contributed by atoms with E-state index in [0.717, 1.165) is 11.1 Å². The van der Waals surface area contributed by atoms with Crippen LogP contribution in [0, 0.1) is 0 Å². The molecule has 0 aliphatic rings. The molecule has 0 unspecified atom stereocenters. The maximum Gasteiger partial charge on any atom is 0.252 e. The maximum atomic E-state index is 12.0. The zero-order chi connectivity index (χ0) is 14.5. The van der Waals surface area contributed by atoms with Crippen LogP contribution in [0.3, 0.4) is 0 Å². The predicted octanol–water partition coefficient (Wildman–Crippen LogP) is 3.52. The summed E-state index contributed by atoms with van der Waals surface area (Å²) in [6.07, 6.45) is 0. The molecule has 3 nitrogen and oxygen atoms in total. The lowest BCUT2D eigenvalue weighted by molar-refractivity contribution is 0.0950. The van der Waals surface area contributed by atoms with Gasteiger partial charge in [0.25, 0.3) is 5.91 Å². The number of carbonyl (C=O) groups is 1. The lowest BCUT2D eigenvalue weighted by atomic mass is 10.1. The number of halogens is 2. The second kappa shape index (κ2) is 6.88. The summed E-state index contributed by atoms with van der Waals surface area (Å²) in [7, 11) is 0. The zero-order valence-corrected chi connectivity index (χ0v) is 12.9. The summed E-state index contributed by atoms with van der Waals surface area (Å²) in [5.74, 6) is -0.167. The molecule has 0 bridgehead atoms. The third-order valence-electron chi connectivity index (χ3n) is 2.83. The molecule has 0 radical (unpaired) electrons. The molecule has 0 aliphatic carbocycles. The Balaban J connectivity index is 2.00. The average Bonchev–Trinajstić information content (AvgIpc) is 2.45. The fourth-order valence-corrected chi connectivity index (χ4v) is 2.58. The first-order valence-corrected chi connectivity index (χ1v) is 7.19. The number of hydrogen-bond donors (Lipinski definition) is 2. The van der Waals surface area contributed by atoms with Crippen molar-refractivity contribution in [1.29, 1.82) is 0 Å². The molecule has 0 aromatic heterocycles. The van der Waals surface area contributed by atoms with E-state index in [0.29, 0.717) is 21.6 Å². The molecule has 0 fully saturated rings. The molecule has 0 spiro atoms. The van der Waals surface area contributed by atoms with Crippen LogP contribution in [0.2, 0.25) is 5.02 Å². The van der Waals surface area contributed by atoms with Gasteiger partial charge in [0.2, 0.25) is 0 Å². The van der Waals surface area contributed by atoms with Gasteiger partial charge in [0.05, 0.1) is 12.2 Å². The van der Waals surface area contributed by atoms with Gasteiger partial charge in [-0.1, -0.05) is 35.9 Å². The van der Waals surface area contributed by atoms with E-state index >= 15 is 0 Å². The van der Waals surface area contributed by atoms with Crippen LogP contribution in [-0.4, -0.2) is 11.0 Å². The lowest BCUT2D eigenvalue weighted by Crippen LogP contribution is -2.23. The van der Waals surface area contributed by atoms with Crippen LogP contribution in [0.15, 0.2) is 46.9 Å². The Kier molecular flexibility index (Phi) is 5.17. The Labute approximate surface area is 130 Å². The number of nitrogens with one attached hydrogen (secondary N) is 1. The monoisotopic (exact) mass is 353 g/mol.